The fraction of sp³-hybridized carbons (Fsp3) is 0.571. The highest BCUT2D eigenvalue weighted by Crippen LogP contribution is 2.29. The van der Waals surface area contributed by atoms with Gasteiger partial charge in [0, 0.05) is 38.3 Å². The van der Waals surface area contributed by atoms with Crippen molar-refractivity contribution in [2.75, 3.05) is 67.7 Å². The van der Waals surface area contributed by atoms with Crippen LogP contribution < -0.4 is 30.4 Å². The Balaban J connectivity index is 1.34. The Bertz CT molecular complexity index is 858. The standard InChI is InChI=1S/C28H44N4O4/c1-33-25-7-5-21(19-27(25)35-3)17-23(29)9-11-31-13-15-32(16-14-31)12-10-24(30)18-22-6-8-26(34-2)28(20-22)36-4/h5-8,19-20,23-24H,9-18,29-30H2,1-4H3. The largest absolute Gasteiger partial charge is 0.493 e. The molecule has 2 aromatic rings. The van der Waals surface area contributed by atoms with Crippen molar-refractivity contribution in [1.82, 2.24) is 9.80 Å². The minimum absolute atomic E-state index is 0.121. The molecule has 2 atom stereocenters. The molecule has 1 fully saturated rings. The first-order valence-corrected chi connectivity index (χ1v) is 12.8. The number of ether oxygens (including phenoxy) is 4. The molecule has 36 heavy (non-hydrogen) atoms. The maximum Gasteiger partial charge on any atom is 0.160 e. The van der Waals surface area contributed by atoms with E-state index in [0.717, 1.165) is 87.9 Å². The molecule has 1 heterocycles. The van der Waals surface area contributed by atoms with Gasteiger partial charge in [-0.2, -0.15) is 0 Å². The van der Waals surface area contributed by atoms with Crippen LogP contribution in [0.5, 0.6) is 23.0 Å². The van der Waals surface area contributed by atoms with Crippen LogP contribution in [0.1, 0.15) is 24.0 Å². The first-order chi connectivity index (χ1) is 17.4. The van der Waals surface area contributed by atoms with Crippen LogP contribution in [0.2, 0.25) is 0 Å². The monoisotopic (exact) mass is 500 g/mol. The van der Waals surface area contributed by atoms with Gasteiger partial charge in [0.1, 0.15) is 0 Å². The topological polar surface area (TPSA) is 95.4 Å². The molecule has 2 unspecified atom stereocenters. The van der Waals surface area contributed by atoms with Gasteiger partial charge in [-0.25, -0.2) is 0 Å². The molecule has 0 radical (unpaired) electrons. The van der Waals surface area contributed by atoms with Crippen molar-refractivity contribution in [3.05, 3.63) is 47.5 Å². The second kappa shape index (κ2) is 14.3. The van der Waals surface area contributed by atoms with Gasteiger partial charge in [0.15, 0.2) is 23.0 Å². The van der Waals surface area contributed by atoms with E-state index in [1.807, 2.05) is 24.3 Å². The lowest BCUT2D eigenvalue weighted by Crippen LogP contribution is -2.48. The summed E-state index contributed by atoms with van der Waals surface area (Å²) in [7, 11) is 6.62. The average Bonchev–Trinajstić information content (AvgIpc) is 2.91. The summed E-state index contributed by atoms with van der Waals surface area (Å²) in [4.78, 5) is 5.04. The van der Waals surface area contributed by atoms with Crippen molar-refractivity contribution in [2.24, 2.45) is 11.5 Å². The summed E-state index contributed by atoms with van der Waals surface area (Å²) in [6.45, 7) is 6.37. The zero-order valence-electron chi connectivity index (χ0n) is 22.4. The molecule has 200 valence electrons. The Kier molecular flexibility index (Phi) is 11.1. The number of nitrogens with zero attached hydrogens (tertiary/aromatic N) is 2. The van der Waals surface area contributed by atoms with Gasteiger partial charge in [-0.3, -0.25) is 0 Å². The van der Waals surface area contributed by atoms with E-state index in [-0.39, 0.29) is 12.1 Å². The molecular weight excluding hydrogens is 456 g/mol. The third-order valence-corrected chi connectivity index (χ3v) is 6.99. The highest BCUT2D eigenvalue weighted by atomic mass is 16.5. The highest BCUT2D eigenvalue weighted by molar-refractivity contribution is 5.43. The lowest BCUT2D eigenvalue weighted by atomic mass is 10.0. The molecule has 0 saturated carbocycles. The van der Waals surface area contributed by atoms with Crippen LogP contribution in [0.15, 0.2) is 36.4 Å². The van der Waals surface area contributed by atoms with Crippen LogP contribution in [0.25, 0.3) is 0 Å². The molecule has 0 spiro atoms. The maximum atomic E-state index is 6.45. The van der Waals surface area contributed by atoms with Crippen LogP contribution >= 0.6 is 0 Å². The van der Waals surface area contributed by atoms with Gasteiger partial charge in [0.2, 0.25) is 0 Å². The molecule has 0 aromatic heterocycles. The molecule has 2 aromatic carbocycles. The number of benzene rings is 2. The Morgan fingerprint density at radius 1 is 0.611 bits per heavy atom. The molecule has 1 aliphatic rings. The molecule has 1 saturated heterocycles. The first-order valence-electron chi connectivity index (χ1n) is 12.8. The van der Waals surface area contributed by atoms with Crippen LogP contribution in [-0.2, 0) is 12.8 Å². The molecule has 4 N–H and O–H groups in total. The van der Waals surface area contributed by atoms with Gasteiger partial charge in [0.25, 0.3) is 0 Å². The van der Waals surface area contributed by atoms with Crippen molar-refractivity contribution in [2.45, 2.75) is 37.8 Å². The van der Waals surface area contributed by atoms with Crippen LogP contribution in [0, 0.1) is 0 Å². The van der Waals surface area contributed by atoms with Gasteiger partial charge in [-0.15, -0.1) is 0 Å². The van der Waals surface area contributed by atoms with Gasteiger partial charge in [0.05, 0.1) is 28.4 Å². The molecular formula is C28H44N4O4. The molecule has 0 bridgehead atoms. The number of piperazine rings is 1. The van der Waals surface area contributed by atoms with E-state index >= 15 is 0 Å². The second-order valence-corrected chi connectivity index (χ2v) is 9.57. The second-order valence-electron chi connectivity index (χ2n) is 9.57. The third-order valence-electron chi connectivity index (χ3n) is 6.99. The zero-order valence-corrected chi connectivity index (χ0v) is 22.4. The van der Waals surface area contributed by atoms with Gasteiger partial charge in [-0.1, -0.05) is 12.1 Å². The SMILES string of the molecule is COc1ccc(CC(N)CCN2CCN(CCC(N)Cc3ccc(OC)c(OC)c3)CC2)cc1OC. The first kappa shape index (κ1) is 28.1. The fourth-order valence-corrected chi connectivity index (χ4v) is 4.76. The summed E-state index contributed by atoms with van der Waals surface area (Å²) in [6.07, 6.45) is 3.62. The van der Waals surface area contributed by atoms with Crippen molar-refractivity contribution in [3.63, 3.8) is 0 Å². The van der Waals surface area contributed by atoms with Gasteiger partial charge in [-0.05, 0) is 74.2 Å². The van der Waals surface area contributed by atoms with Gasteiger partial charge < -0.3 is 40.2 Å². The Hall–Kier alpha value is -2.52. The maximum absolute atomic E-state index is 6.45. The van der Waals surface area contributed by atoms with Crippen molar-refractivity contribution < 1.29 is 18.9 Å². The van der Waals surface area contributed by atoms with Gasteiger partial charge >= 0.3 is 0 Å². The van der Waals surface area contributed by atoms with E-state index in [0.29, 0.717) is 0 Å². The minimum Gasteiger partial charge on any atom is -0.493 e. The van der Waals surface area contributed by atoms with Crippen molar-refractivity contribution in [1.29, 1.82) is 0 Å². The van der Waals surface area contributed by atoms with Crippen LogP contribution in [0.3, 0.4) is 0 Å². The average molecular weight is 501 g/mol. The number of rotatable bonds is 14. The predicted octanol–water partition coefficient (Wildman–Crippen LogP) is 2.56. The van der Waals surface area contributed by atoms with E-state index < -0.39 is 0 Å². The Morgan fingerprint density at radius 3 is 1.31 bits per heavy atom. The number of methoxy groups -OCH3 is 4. The molecule has 3 rings (SSSR count). The highest BCUT2D eigenvalue weighted by Gasteiger charge is 2.19. The summed E-state index contributed by atoms with van der Waals surface area (Å²) >= 11 is 0. The van der Waals surface area contributed by atoms with E-state index in [9.17, 15) is 0 Å². The minimum atomic E-state index is 0.121. The molecule has 0 amide bonds. The van der Waals surface area contributed by atoms with Crippen molar-refractivity contribution >= 4 is 0 Å². The lowest BCUT2D eigenvalue weighted by Gasteiger charge is -2.35. The third kappa shape index (κ3) is 8.27. The van der Waals surface area contributed by atoms with E-state index in [4.69, 9.17) is 30.4 Å². The number of nitrogens with two attached hydrogens (primary N) is 2. The number of hydrogen-bond donors (Lipinski definition) is 2. The lowest BCUT2D eigenvalue weighted by molar-refractivity contribution is 0.127. The quantitative estimate of drug-likeness (QED) is 0.409. The van der Waals surface area contributed by atoms with E-state index in [1.165, 1.54) is 11.1 Å². The summed E-state index contributed by atoms with van der Waals surface area (Å²) in [5.41, 5.74) is 15.3. The van der Waals surface area contributed by atoms with Crippen LogP contribution in [0.4, 0.5) is 0 Å². The van der Waals surface area contributed by atoms with E-state index in [1.54, 1.807) is 28.4 Å². The number of hydrogen-bond acceptors (Lipinski definition) is 8. The smallest absolute Gasteiger partial charge is 0.160 e. The summed E-state index contributed by atoms with van der Waals surface area (Å²) in [5, 5.41) is 0. The Labute approximate surface area is 216 Å². The fourth-order valence-electron chi connectivity index (χ4n) is 4.76. The molecule has 8 heteroatoms. The summed E-state index contributed by atoms with van der Waals surface area (Å²) in [6, 6.07) is 12.3. The predicted molar refractivity (Wildman–Crippen MR) is 145 cm³/mol. The Morgan fingerprint density at radius 2 is 0.972 bits per heavy atom. The van der Waals surface area contributed by atoms with Crippen LogP contribution in [-0.4, -0.2) is 89.6 Å². The molecule has 0 aliphatic carbocycles. The molecule has 8 nitrogen and oxygen atoms in total. The normalized spacial score (nSPS) is 16.4. The zero-order chi connectivity index (χ0) is 25.9. The van der Waals surface area contributed by atoms with E-state index in [2.05, 4.69) is 21.9 Å². The summed E-state index contributed by atoms with van der Waals surface area (Å²) in [5.74, 6) is 2.99. The molecule has 1 aliphatic heterocycles. The summed E-state index contributed by atoms with van der Waals surface area (Å²) < 4.78 is 21.5. The van der Waals surface area contributed by atoms with Crippen molar-refractivity contribution in [3.8, 4) is 23.0 Å².